The summed E-state index contributed by atoms with van der Waals surface area (Å²) in [6, 6.07) is 4.92. The van der Waals surface area contributed by atoms with Gasteiger partial charge in [0.2, 0.25) is 0 Å². The van der Waals surface area contributed by atoms with Crippen LogP contribution in [0, 0.1) is 0 Å². The molecule has 0 aliphatic heterocycles. The summed E-state index contributed by atoms with van der Waals surface area (Å²) in [4.78, 5) is 16.0. The van der Waals surface area contributed by atoms with Crippen LogP contribution in [0.25, 0.3) is 0 Å². The predicted octanol–water partition coefficient (Wildman–Crippen LogP) is 3.11. The summed E-state index contributed by atoms with van der Waals surface area (Å²) in [5, 5.41) is 3.39. The number of nitrogen functional groups attached to an aromatic ring is 1. The van der Waals surface area contributed by atoms with E-state index < -0.39 is 0 Å². The summed E-state index contributed by atoms with van der Waals surface area (Å²) in [5.74, 6) is -0.168. The van der Waals surface area contributed by atoms with Crippen molar-refractivity contribution >= 4 is 23.2 Å². The number of rotatable bonds is 8. The van der Waals surface area contributed by atoms with Crippen LogP contribution in [0.2, 0.25) is 5.02 Å². The first-order chi connectivity index (χ1) is 10.7. The summed E-state index contributed by atoms with van der Waals surface area (Å²) in [6.07, 6.45) is 9.87. The molecular weight excluding hydrogens is 300 g/mol. The van der Waals surface area contributed by atoms with Crippen molar-refractivity contribution in [2.24, 2.45) is 0 Å². The molecule has 3 N–H and O–H groups in total. The van der Waals surface area contributed by atoms with Gasteiger partial charge >= 0.3 is 0 Å². The number of anilines is 1. The molecule has 0 atom stereocenters. The molecule has 2 aromatic rings. The molecular formula is C16H21ClN4O. The minimum Gasteiger partial charge on any atom is -0.398 e. The number of nitrogens with one attached hydrogen (secondary N) is 1. The van der Waals surface area contributed by atoms with Crippen LogP contribution >= 0.6 is 11.6 Å². The summed E-state index contributed by atoms with van der Waals surface area (Å²) in [5.41, 5.74) is 6.66. The number of hydrogen-bond donors (Lipinski definition) is 2. The van der Waals surface area contributed by atoms with Crippen LogP contribution in [0.15, 0.2) is 36.9 Å². The molecule has 2 rings (SSSR count). The van der Waals surface area contributed by atoms with Crippen LogP contribution < -0.4 is 11.1 Å². The second-order valence-electron chi connectivity index (χ2n) is 5.20. The standard InChI is InChI=1S/C16H21ClN4O/c17-13-5-6-15(18)14(11-13)16(22)20-7-3-1-2-4-9-21-10-8-19-12-21/h5-6,8,10-12H,1-4,7,9,18H2,(H,20,22). The molecule has 22 heavy (non-hydrogen) atoms. The number of aryl methyl sites for hydroxylation is 1. The third-order valence-electron chi connectivity index (χ3n) is 3.45. The van der Waals surface area contributed by atoms with Crippen molar-refractivity contribution in [2.75, 3.05) is 12.3 Å². The van der Waals surface area contributed by atoms with Gasteiger partial charge in [0.05, 0.1) is 11.9 Å². The average molecular weight is 321 g/mol. The van der Waals surface area contributed by atoms with E-state index in [4.69, 9.17) is 17.3 Å². The van der Waals surface area contributed by atoms with Gasteiger partial charge in [-0.1, -0.05) is 24.4 Å². The third-order valence-corrected chi connectivity index (χ3v) is 3.68. The first-order valence-electron chi connectivity index (χ1n) is 7.46. The fourth-order valence-electron chi connectivity index (χ4n) is 2.21. The minimum atomic E-state index is -0.168. The average Bonchev–Trinajstić information content (AvgIpc) is 3.02. The Labute approximate surface area is 135 Å². The highest BCUT2D eigenvalue weighted by Crippen LogP contribution is 2.17. The maximum atomic E-state index is 12.0. The Hall–Kier alpha value is -2.01. The molecule has 1 amide bonds. The van der Waals surface area contributed by atoms with Crippen LogP contribution in [-0.2, 0) is 6.54 Å². The highest BCUT2D eigenvalue weighted by Gasteiger charge is 2.09. The Morgan fingerprint density at radius 2 is 2.09 bits per heavy atom. The smallest absolute Gasteiger partial charge is 0.253 e. The fourth-order valence-corrected chi connectivity index (χ4v) is 2.39. The zero-order chi connectivity index (χ0) is 15.8. The SMILES string of the molecule is Nc1ccc(Cl)cc1C(=O)NCCCCCCn1ccnc1. The number of aromatic nitrogens is 2. The maximum absolute atomic E-state index is 12.0. The van der Waals surface area contributed by atoms with Gasteiger partial charge in [0, 0.05) is 36.2 Å². The van der Waals surface area contributed by atoms with E-state index in [1.54, 1.807) is 24.4 Å². The number of imidazole rings is 1. The molecule has 1 aromatic carbocycles. The molecule has 0 radical (unpaired) electrons. The van der Waals surface area contributed by atoms with Gasteiger partial charge in [0.1, 0.15) is 0 Å². The Balaban J connectivity index is 1.60. The monoisotopic (exact) mass is 320 g/mol. The summed E-state index contributed by atoms with van der Waals surface area (Å²) in [7, 11) is 0. The summed E-state index contributed by atoms with van der Waals surface area (Å²) in [6.45, 7) is 1.64. The van der Waals surface area contributed by atoms with Crippen molar-refractivity contribution in [3.05, 3.63) is 47.5 Å². The van der Waals surface area contributed by atoms with Crippen LogP contribution in [0.3, 0.4) is 0 Å². The lowest BCUT2D eigenvalue weighted by molar-refractivity contribution is 0.0954. The Kier molecular flexibility index (Phi) is 6.27. The van der Waals surface area contributed by atoms with Gasteiger partial charge in [-0.25, -0.2) is 4.98 Å². The van der Waals surface area contributed by atoms with Crippen molar-refractivity contribution in [3.8, 4) is 0 Å². The molecule has 0 fully saturated rings. The molecule has 0 spiro atoms. The number of nitrogens with zero attached hydrogens (tertiary/aromatic N) is 2. The first-order valence-corrected chi connectivity index (χ1v) is 7.83. The van der Waals surface area contributed by atoms with E-state index in [0.29, 0.717) is 22.8 Å². The maximum Gasteiger partial charge on any atom is 0.253 e. The molecule has 0 saturated heterocycles. The van der Waals surface area contributed by atoms with Gasteiger partial charge in [-0.05, 0) is 31.0 Å². The fraction of sp³-hybridized carbons (Fsp3) is 0.375. The van der Waals surface area contributed by atoms with Crippen LogP contribution in [-0.4, -0.2) is 22.0 Å². The van der Waals surface area contributed by atoms with E-state index in [1.807, 2.05) is 12.5 Å². The number of carbonyl (C=O) groups is 1. The Morgan fingerprint density at radius 1 is 1.27 bits per heavy atom. The topological polar surface area (TPSA) is 72.9 Å². The third kappa shape index (κ3) is 5.07. The number of hydrogen-bond acceptors (Lipinski definition) is 3. The largest absolute Gasteiger partial charge is 0.398 e. The number of amides is 1. The molecule has 1 aromatic heterocycles. The molecule has 118 valence electrons. The van der Waals surface area contributed by atoms with Crippen LogP contribution in [0.5, 0.6) is 0 Å². The van der Waals surface area contributed by atoms with E-state index in [9.17, 15) is 4.79 Å². The summed E-state index contributed by atoms with van der Waals surface area (Å²) >= 11 is 5.88. The highest BCUT2D eigenvalue weighted by molar-refractivity contribution is 6.31. The second-order valence-corrected chi connectivity index (χ2v) is 5.64. The number of carbonyl (C=O) groups excluding carboxylic acids is 1. The molecule has 1 heterocycles. The molecule has 0 unspecified atom stereocenters. The zero-order valence-corrected chi connectivity index (χ0v) is 13.2. The lowest BCUT2D eigenvalue weighted by Gasteiger charge is -2.08. The van der Waals surface area contributed by atoms with Crippen molar-refractivity contribution in [1.82, 2.24) is 14.9 Å². The number of halogens is 1. The van der Waals surface area contributed by atoms with Crippen LogP contribution in [0.4, 0.5) is 5.69 Å². The predicted molar refractivity (Wildman–Crippen MR) is 88.9 cm³/mol. The summed E-state index contributed by atoms with van der Waals surface area (Å²) < 4.78 is 2.07. The Morgan fingerprint density at radius 3 is 2.86 bits per heavy atom. The van der Waals surface area contributed by atoms with Gasteiger partial charge < -0.3 is 15.6 Å². The van der Waals surface area contributed by atoms with Gasteiger partial charge in [-0.15, -0.1) is 0 Å². The van der Waals surface area contributed by atoms with Gasteiger partial charge in [0.15, 0.2) is 0 Å². The van der Waals surface area contributed by atoms with Crippen molar-refractivity contribution in [2.45, 2.75) is 32.2 Å². The van der Waals surface area contributed by atoms with Gasteiger partial charge in [0.25, 0.3) is 5.91 Å². The minimum absolute atomic E-state index is 0.168. The molecule has 0 saturated carbocycles. The molecule has 0 bridgehead atoms. The number of unbranched alkanes of at least 4 members (excludes halogenated alkanes) is 3. The van der Waals surface area contributed by atoms with Crippen molar-refractivity contribution < 1.29 is 4.79 Å². The van der Waals surface area contributed by atoms with E-state index in [2.05, 4.69) is 14.9 Å². The zero-order valence-electron chi connectivity index (χ0n) is 12.5. The second kappa shape index (κ2) is 8.44. The molecule has 6 heteroatoms. The lowest BCUT2D eigenvalue weighted by Crippen LogP contribution is -2.25. The number of benzene rings is 1. The Bertz CT molecular complexity index is 598. The van der Waals surface area contributed by atoms with E-state index in [0.717, 1.165) is 32.2 Å². The van der Waals surface area contributed by atoms with Crippen LogP contribution in [0.1, 0.15) is 36.0 Å². The molecule has 5 nitrogen and oxygen atoms in total. The highest BCUT2D eigenvalue weighted by atomic mass is 35.5. The molecule has 0 aliphatic carbocycles. The first kappa shape index (κ1) is 16.4. The van der Waals surface area contributed by atoms with Gasteiger partial charge in [-0.3, -0.25) is 4.79 Å². The molecule has 0 aliphatic rings. The van der Waals surface area contributed by atoms with E-state index in [-0.39, 0.29) is 5.91 Å². The van der Waals surface area contributed by atoms with Gasteiger partial charge in [-0.2, -0.15) is 0 Å². The number of nitrogens with two attached hydrogens (primary N) is 1. The van der Waals surface area contributed by atoms with E-state index in [1.165, 1.54) is 0 Å². The normalized spacial score (nSPS) is 10.6. The van der Waals surface area contributed by atoms with Crippen molar-refractivity contribution in [1.29, 1.82) is 0 Å². The lowest BCUT2D eigenvalue weighted by atomic mass is 10.1. The van der Waals surface area contributed by atoms with Crippen molar-refractivity contribution in [3.63, 3.8) is 0 Å². The quantitative estimate of drug-likeness (QED) is 0.580. The van der Waals surface area contributed by atoms with E-state index >= 15 is 0 Å².